The van der Waals surface area contributed by atoms with Gasteiger partial charge in [0.1, 0.15) is 0 Å². The molecule has 0 bridgehead atoms. The van der Waals surface area contributed by atoms with E-state index in [2.05, 4.69) is 22.0 Å². The normalized spacial score (nSPS) is 13.9. The second kappa shape index (κ2) is 9.65. The number of halogens is 1. The molecule has 2 aromatic carbocycles. The van der Waals surface area contributed by atoms with Crippen molar-refractivity contribution < 1.29 is 9.59 Å². The summed E-state index contributed by atoms with van der Waals surface area (Å²) in [5, 5.41) is 3.44. The molecule has 0 aromatic heterocycles. The van der Waals surface area contributed by atoms with Crippen molar-refractivity contribution in [3.63, 3.8) is 0 Å². The SMILES string of the molecule is CCN(C)c1ccc(C(=O)NCC(=O)N2CCN(c3cccc(Cl)c3)CC2)cc1. The molecule has 7 heteroatoms. The van der Waals surface area contributed by atoms with Crippen LogP contribution in [-0.4, -0.2) is 63.0 Å². The first-order chi connectivity index (χ1) is 14.0. The summed E-state index contributed by atoms with van der Waals surface area (Å²) >= 11 is 6.06. The van der Waals surface area contributed by atoms with E-state index in [1.807, 2.05) is 43.4 Å². The molecule has 1 fully saturated rings. The van der Waals surface area contributed by atoms with Crippen molar-refractivity contribution in [2.45, 2.75) is 6.92 Å². The zero-order valence-corrected chi connectivity index (χ0v) is 17.7. The summed E-state index contributed by atoms with van der Waals surface area (Å²) in [5.74, 6) is -0.298. The Morgan fingerprint density at radius 1 is 1.07 bits per heavy atom. The van der Waals surface area contributed by atoms with Gasteiger partial charge in [-0.25, -0.2) is 0 Å². The Balaban J connectivity index is 1.47. The van der Waals surface area contributed by atoms with Gasteiger partial charge in [-0.05, 0) is 49.4 Å². The topological polar surface area (TPSA) is 55.9 Å². The van der Waals surface area contributed by atoms with Crippen LogP contribution in [0, 0.1) is 0 Å². The highest BCUT2D eigenvalue weighted by molar-refractivity contribution is 6.30. The lowest BCUT2D eigenvalue weighted by molar-refractivity contribution is -0.130. The zero-order valence-electron chi connectivity index (χ0n) is 16.9. The second-order valence-corrected chi connectivity index (χ2v) is 7.53. The minimum atomic E-state index is -0.235. The van der Waals surface area contributed by atoms with Crippen LogP contribution in [0.15, 0.2) is 48.5 Å². The van der Waals surface area contributed by atoms with Crippen LogP contribution >= 0.6 is 11.6 Å². The van der Waals surface area contributed by atoms with Crippen molar-refractivity contribution in [1.82, 2.24) is 10.2 Å². The number of rotatable bonds is 6. The van der Waals surface area contributed by atoms with Crippen molar-refractivity contribution >= 4 is 34.8 Å². The highest BCUT2D eigenvalue weighted by Crippen LogP contribution is 2.20. The molecule has 29 heavy (non-hydrogen) atoms. The van der Waals surface area contributed by atoms with E-state index >= 15 is 0 Å². The van der Waals surface area contributed by atoms with Crippen LogP contribution in [0.25, 0.3) is 0 Å². The van der Waals surface area contributed by atoms with Crippen molar-refractivity contribution in [2.75, 3.05) is 56.1 Å². The molecule has 1 aliphatic heterocycles. The van der Waals surface area contributed by atoms with Gasteiger partial charge in [0.2, 0.25) is 5.91 Å². The number of benzene rings is 2. The van der Waals surface area contributed by atoms with Crippen molar-refractivity contribution in [3.05, 3.63) is 59.1 Å². The fraction of sp³-hybridized carbons (Fsp3) is 0.364. The summed E-state index contributed by atoms with van der Waals surface area (Å²) in [6.45, 7) is 5.70. The van der Waals surface area contributed by atoms with Gasteiger partial charge in [0.25, 0.3) is 5.91 Å². The van der Waals surface area contributed by atoms with Gasteiger partial charge >= 0.3 is 0 Å². The third-order valence-electron chi connectivity index (χ3n) is 5.25. The lowest BCUT2D eigenvalue weighted by atomic mass is 10.2. The Hall–Kier alpha value is -2.73. The van der Waals surface area contributed by atoms with Crippen LogP contribution < -0.4 is 15.1 Å². The molecular weight excluding hydrogens is 388 g/mol. The molecular formula is C22H27ClN4O2. The number of carbonyl (C=O) groups is 2. The van der Waals surface area contributed by atoms with Gasteiger partial charge in [0.05, 0.1) is 6.54 Å². The molecule has 0 radical (unpaired) electrons. The van der Waals surface area contributed by atoms with E-state index in [0.717, 1.165) is 31.0 Å². The second-order valence-electron chi connectivity index (χ2n) is 7.09. The molecule has 154 valence electrons. The molecule has 0 aliphatic carbocycles. The van der Waals surface area contributed by atoms with Crippen LogP contribution in [0.3, 0.4) is 0 Å². The molecule has 3 rings (SSSR count). The third kappa shape index (κ3) is 5.41. The van der Waals surface area contributed by atoms with Gasteiger partial charge in [-0.3, -0.25) is 9.59 Å². The Bertz CT molecular complexity index is 848. The molecule has 6 nitrogen and oxygen atoms in total. The Kier molecular flexibility index (Phi) is 6.99. The van der Waals surface area contributed by atoms with Crippen LogP contribution in [0.1, 0.15) is 17.3 Å². The quantitative estimate of drug-likeness (QED) is 0.789. The molecule has 1 aliphatic rings. The number of hydrogen-bond acceptors (Lipinski definition) is 4. The fourth-order valence-electron chi connectivity index (χ4n) is 3.31. The lowest BCUT2D eigenvalue weighted by Gasteiger charge is -2.36. The molecule has 0 saturated carbocycles. The monoisotopic (exact) mass is 414 g/mol. The highest BCUT2D eigenvalue weighted by atomic mass is 35.5. The summed E-state index contributed by atoms with van der Waals surface area (Å²) in [7, 11) is 2.00. The van der Waals surface area contributed by atoms with E-state index in [-0.39, 0.29) is 18.4 Å². The summed E-state index contributed by atoms with van der Waals surface area (Å²) < 4.78 is 0. The van der Waals surface area contributed by atoms with Crippen LogP contribution in [-0.2, 0) is 4.79 Å². The van der Waals surface area contributed by atoms with E-state index in [0.29, 0.717) is 23.7 Å². The molecule has 0 unspecified atom stereocenters. The lowest BCUT2D eigenvalue weighted by Crippen LogP contribution is -2.51. The Morgan fingerprint density at radius 3 is 2.38 bits per heavy atom. The molecule has 2 amide bonds. The molecule has 0 atom stereocenters. The smallest absolute Gasteiger partial charge is 0.251 e. The number of hydrogen-bond donors (Lipinski definition) is 1. The molecule has 0 spiro atoms. The van der Waals surface area contributed by atoms with E-state index in [1.54, 1.807) is 17.0 Å². The van der Waals surface area contributed by atoms with Gasteiger partial charge in [0, 0.05) is 61.7 Å². The maximum Gasteiger partial charge on any atom is 0.251 e. The van der Waals surface area contributed by atoms with Gasteiger partial charge < -0.3 is 20.0 Å². The molecule has 2 aromatic rings. The molecule has 1 saturated heterocycles. The first-order valence-electron chi connectivity index (χ1n) is 9.85. The van der Waals surface area contributed by atoms with Gasteiger partial charge in [-0.1, -0.05) is 17.7 Å². The average Bonchev–Trinajstić information content (AvgIpc) is 2.77. The maximum atomic E-state index is 12.5. The van der Waals surface area contributed by atoms with E-state index in [4.69, 9.17) is 11.6 Å². The number of carbonyl (C=O) groups excluding carboxylic acids is 2. The summed E-state index contributed by atoms with van der Waals surface area (Å²) in [6.07, 6.45) is 0. The van der Waals surface area contributed by atoms with Crippen LogP contribution in [0.2, 0.25) is 5.02 Å². The predicted octanol–water partition coefficient (Wildman–Crippen LogP) is 2.87. The summed E-state index contributed by atoms with van der Waals surface area (Å²) in [4.78, 5) is 30.9. The minimum absolute atomic E-state index is 0.00656. The molecule has 1 heterocycles. The number of piperazine rings is 1. The summed E-state index contributed by atoms with van der Waals surface area (Å²) in [6, 6.07) is 15.1. The first kappa shape index (κ1) is 21.0. The average molecular weight is 415 g/mol. The number of anilines is 2. The number of nitrogens with one attached hydrogen (secondary N) is 1. The third-order valence-corrected chi connectivity index (χ3v) is 5.49. The van der Waals surface area contributed by atoms with Crippen LogP contribution in [0.5, 0.6) is 0 Å². The van der Waals surface area contributed by atoms with Gasteiger partial charge in [0.15, 0.2) is 0 Å². The van der Waals surface area contributed by atoms with Crippen molar-refractivity contribution in [3.8, 4) is 0 Å². The largest absolute Gasteiger partial charge is 0.375 e. The Morgan fingerprint density at radius 2 is 1.76 bits per heavy atom. The fourth-order valence-corrected chi connectivity index (χ4v) is 3.49. The number of amides is 2. The maximum absolute atomic E-state index is 12.5. The predicted molar refractivity (Wildman–Crippen MR) is 118 cm³/mol. The van der Waals surface area contributed by atoms with Gasteiger partial charge in [-0.15, -0.1) is 0 Å². The van der Waals surface area contributed by atoms with E-state index in [9.17, 15) is 9.59 Å². The minimum Gasteiger partial charge on any atom is -0.375 e. The summed E-state index contributed by atoms with van der Waals surface area (Å²) in [5.41, 5.74) is 2.67. The van der Waals surface area contributed by atoms with Gasteiger partial charge in [-0.2, -0.15) is 0 Å². The van der Waals surface area contributed by atoms with Crippen LogP contribution in [0.4, 0.5) is 11.4 Å². The van der Waals surface area contributed by atoms with Crippen molar-refractivity contribution in [2.24, 2.45) is 0 Å². The highest BCUT2D eigenvalue weighted by Gasteiger charge is 2.21. The Labute approximate surface area is 177 Å². The number of nitrogens with zero attached hydrogens (tertiary/aromatic N) is 3. The first-order valence-corrected chi connectivity index (χ1v) is 10.2. The van der Waals surface area contributed by atoms with E-state index < -0.39 is 0 Å². The zero-order chi connectivity index (χ0) is 20.8. The van der Waals surface area contributed by atoms with E-state index in [1.165, 1.54) is 0 Å². The standard InChI is InChI=1S/C22H27ClN4O2/c1-3-25(2)19-9-7-17(8-10-19)22(29)24-16-21(28)27-13-11-26(12-14-27)20-6-4-5-18(23)15-20/h4-10,15H,3,11-14,16H2,1-2H3,(H,24,29). The molecule has 1 N–H and O–H groups in total. The van der Waals surface area contributed by atoms with Crippen molar-refractivity contribution in [1.29, 1.82) is 0 Å².